The molecule has 0 atom stereocenters. The van der Waals surface area contributed by atoms with Crippen LogP contribution in [0.25, 0.3) is 87.6 Å². The Labute approximate surface area is 268 Å². The molecular weight excluding hydrogens is 553 g/mol. The quantitative estimate of drug-likeness (QED) is 0.181. The molecule has 9 aromatic rings. The molecule has 0 saturated heterocycles. The van der Waals surface area contributed by atoms with Gasteiger partial charge in [0.05, 0.1) is 0 Å². The molecule has 0 radical (unpaired) electrons. The molecule has 0 heterocycles. The Morgan fingerprint density at radius 2 is 0.696 bits per heavy atom. The van der Waals surface area contributed by atoms with Gasteiger partial charge in [-0.25, -0.2) is 0 Å². The van der Waals surface area contributed by atoms with E-state index in [1.54, 1.807) is 0 Å². The van der Waals surface area contributed by atoms with Crippen molar-refractivity contribution < 1.29 is 0 Å². The number of hydrogen-bond acceptors (Lipinski definition) is 0. The van der Waals surface area contributed by atoms with E-state index in [1.807, 2.05) is 0 Å². The van der Waals surface area contributed by atoms with E-state index in [2.05, 4.69) is 182 Å². The second-order valence-corrected chi connectivity index (χ2v) is 12.1. The molecule has 0 fully saturated rings. The van der Waals surface area contributed by atoms with Crippen molar-refractivity contribution in [2.75, 3.05) is 0 Å². The molecule has 214 valence electrons. The van der Waals surface area contributed by atoms with Crippen LogP contribution in [0.3, 0.4) is 0 Å². The fourth-order valence-electron chi connectivity index (χ4n) is 7.24. The van der Waals surface area contributed by atoms with Gasteiger partial charge in [0.1, 0.15) is 0 Å². The van der Waals surface area contributed by atoms with Crippen LogP contribution in [0.2, 0.25) is 0 Å². The third-order valence-corrected chi connectivity index (χ3v) is 9.43. The van der Waals surface area contributed by atoms with Gasteiger partial charge in [0.25, 0.3) is 0 Å². The van der Waals surface area contributed by atoms with Crippen molar-refractivity contribution in [3.05, 3.63) is 182 Å². The Balaban J connectivity index is 1.31. The van der Waals surface area contributed by atoms with Crippen molar-refractivity contribution in [1.29, 1.82) is 0 Å². The standard InChI is InChI=1S/C46H30/c1-3-12-31(13-4-1)35-25-22-33-23-27-37(29-38(33)28-35)45-39-17-7-9-19-41(39)46(42-20-10-8-18-40(42)45)43-21-11-16-34-24-26-36(30-44(34)43)32-14-5-2-6-15-32/h1-30H. The van der Waals surface area contributed by atoms with E-state index in [4.69, 9.17) is 0 Å². The van der Waals surface area contributed by atoms with Gasteiger partial charge >= 0.3 is 0 Å². The van der Waals surface area contributed by atoms with E-state index in [1.165, 1.54) is 87.6 Å². The molecule has 0 spiro atoms. The molecule has 0 nitrogen and oxygen atoms in total. The topological polar surface area (TPSA) is 0 Å². The van der Waals surface area contributed by atoms with Gasteiger partial charge in [-0.15, -0.1) is 0 Å². The molecule has 0 saturated carbocycles. The molecule has 0 aliphatic heterocycles. The molecule has 46 heavy (non-hydrogen) atoms. The van der Waals surface area contributed by atoms with Gasteiger partial charge < -0.3 is 0 Å². The second kappa shape index (κ2) is 10.9. The summed E-state index contributed by atoms with van der Waals surface area (Å²) in [5, 5.41) is 10.1. The highest BCUT2D eigenvalue weighted by Crippen LogP contribution is 2.46. The van der Waals surface area contributed by atoms with E-state index in [0.29, 0.717) is 0 Å². The Kier molecular flexibility index (Phi) is 6.25. The maximum atomic E-state index is 2.37. The van der Waals surface area contributed by atoms with Crippen molar-refractivity contribution in [3.8, 4) is 44.5 Å². The summed E-state index contributed by atoms with van der Waals surface area (Å²) in [5.41, 5.74) is 10.0. The molecule has 0 amide bonds. The van der Waals surface area contributed by atoms with Gasteiger partial charge in [-0.3, -0.25) is 0 Å². The van der Waals surface area contributed by atoms with Crippen molar-refractivity contribution in [2.45, 2.75) is 0 Å². The van der Waals surface area contributed by atoms with Gasteiger partial charge in [0.2, 0.25) is 0 Å². The van der Waals surface area contributed by atoms with E-state index in [9.17, 15) is 0 Å². The zero-order valence-electron chi connectivity index (χ0n) is 25.3. The Morgan fingerprint density at radius 3 is 1.30 bits per heavy atom. The zero-order valence-corrected chi connectivity index (χ0v) is 25.3. The molecule has 0 aromatic heterocycles. The van der Waals surface area contributed by atoms with Crippen LogP contribution in [-0.2, 0) is 0 Å². The molecular formula is C46H30. The third-order valence-electron chi connectivity index (χ3n) is 9.43. The van der Waals surface area contributed by atoms with E-state index < -0.39 is 0 Å². The second-order valence-electron chi connectivity index (χ2n) is 12.1. The number of benzene rings is 9. The van der Waals surface area contributed by atoms with Crippen molar-refractivity contribution in [3.63, 3.8) is 0 Å². The lowest BCUT2D eigenvalue weighted by Gasteiger charge is -2.19. The van der Waals surface area contributed by atoms with Gasteiger partial charge in [0.15, 0.2) is 0 Å². The lowest BCUT2D eigenvalue weighted by Crippen LogP contribution is -1.92. The average molecular weight is 583 g/mol. The SMILES string of the molecule is c1ccc(-c2ccc3ccc(-c4c5ccccc5c(-c5cccc6ccc(-c7ccccc7)cc56)c5ccccc45)cc3c2)cc1. The largest absolute Gasteiger partial charge is 0.0622 e. The minimum atomic E-state index is 1.23. The summed E-state index contributed by atoms with van der Waals surface area (Å²) in [7, 11) is 0. The minimum absolute atomic E-state index is 1.23. The van der Waals surface area contributed by atoms with Crippen LogP contribution in [-0.4, -0.2) is 0 Å². The fourth-order valence-corrected chi connectivity index (χ4v) is 7.24. The van der Waals surface area contributed by atoms with Crippen LogP contribution < -0.4 is 0 Å². The summed E-state index contributed by atoms with van der Waals surface area (Å²) in [4.78, 5) is 0. The smallest absolute Gasteiger partial charge is 0.00201 e. The highest BCUT2D eigenvalue weighted by molar-refractivity contribution is 6.24. The summed E-state index contributed by atoms with van der Waals surface area (Å²) in [6, 6.07) is 66.6. The molecule has 0 N–H and O–H groups in total. The Hall–Kier alpha value is -5.98. The third kappa shape index (κ3) is 4.38. The maximum absolute atomic E-state index is 2.37. The summed E-state index contributed by atoms with van der Waals surface area (Å²) in [5.74, 6) is 0. The molecule has 9 rings (SSSR count). The van der Waals surface area contributed by atoms with Crippen molar-refractivity contribution in [1.82, 2.24) is 0 Å². The van der Waals surface area contributed by atoms with Gasteiger partial charge in [-0.2, -0.15) is 0 Å². The lowest BCUT2D eigenvalue weighted by molar-refractivity contribution is 1.64. The van der Waals surface area contributed by atoms with Gasteiger partial charge in [-0.05, 0) is 106 Å². The summed E-state index contributed by atoms with van der Waals surface area (Å²) in [6.45, 7) is 0. The molecule has 9 aromatic carbocycles. The van der Waals surface area contributed by atoms with Gasteiger partial charge in [-0.1, -0.05) is 164 Å². The van der Waals surface area contributed by atoms with Crippen LogP contribution in [0.1, 0.15) is 0 Å². The lowest BCUT2D eigenvalue weighted by atomic mass is 9.84. The molecule has 0 heteroatoms. The van der Waals surface area contributed by atoms with Crippen LogP contribution in [0.15, 0.2) is 182 Å². The maximum Gasteiger partial charge on any atom is -0.00201 e. The number of fused-ring (bicyclic) bond motifs is 4. The minimum Gasteiger partial charge on any atom is -0.0622 e. The van der Waals surface area contributed by atoms with Crippen LogP contribution in [0.5, 0.6) is 0 Å². The summed E-state index contributed by atoms with van der Waals surface area (Å²) in [6.07, 6.45) is 0. The van der Waals surface area contributed by atoms with E-state index in [-0.39, 0.29) is 0 Å². The van der Waals surface area contributed by atoms with E-state index in [0.717, 1.165) is 0 Å². The summed E-state index contributed by atoms with van der Waals surface area (Å²) >= 11 is 0. The van der Waals surface area contributed by atoms with E-state index >= 15 is 0 Å². The predicted molar refractivity (Wildman–Crippen MR) is 198 cm³/mol. The van der Waals surface area contributed by atoms with Crippen LogP contribution >= 0.6 is 0 Å². The van der Waals surface area contributed by atoms with Crippen molar-refractivity contribution >= 4 is 43.1 Å². The van der Waals surface area contributed by atoms with Crippen LogP contribution in [0.4, 0.5) is 0 Å². The normalized spacial score (nSPS) is 11.5. The highest BCUT2D eigenvalue weighted by atomic mass is 14.2. The molecule has 0 unspecified atom stereocenters. The Bertz CT molecular complexity index is 2500. The molecule has 0 aliphatic rings. The fraction of sp³-hybridized carbons (Fsp3) is 0. The highest BCUT2D eigenvalue weighted by Gasteiger charge is 2.18. The monoisotopic (exact) mass is 582 g/mol. The van der Waals surface area contributed by atoms with Crippen molar-refractivity contribution in [2.24, 2.45) is 0 Å². The molecule has 0 bridgehead atoms. The van der Waals surface area contributed by atoms with Crippen LogP contribution in [0, 0.1) is 0 Å². The first-order valence-electron chi connectivity index (χ1n) is 15.9. The van der Waals surface area contributed by atoms with Gasteiger partial charge in [0, 0.05) is 0 Å². The number of hydrogen-bond donors (Lipinski definition) is 0. The predicted octanol–water partition coefficient (Wildman–Crippen LogP) is 13.0. The zero-order chi connectivity index (χ0) is 30.5. The molecule has 0 aliphatic carbocycles. The first-order chi connectivity index (χ1) is 22.8. The summed E-state index contributed by atoms with van der Waals surface area (Å²) < 4.78 is 0. The first kappa shape index (κ1) is 26.4. The number of rotatable bonds is 4. The Morgan fingerprint density at radius 1 is 0.217 bits per heavy atom. The average Bonchev–Trinajstić information content (AvgIpc) is 3.13. The first-order valence-corrected chi connectivity index (χ1v) is 15.9.